The van der Waals surface area contributed by atoms with E-state index in [1.165, 1.54) is 12.1 Å². The maximum Gasteiger partial charge on any atom is 0.123 e. The molecule has 0 spiro atoms. The molecule has 1 aromatic rings. The van der Waals surface area contributed by atoms with Crippen molar-refractivity contribution in [3.8, 4) is 6.07 Å². The highest BCUT2D eigenvalue weighted by Crippen LogP contribution is 2.14. The summed E-state index contributed by atoms with van der Waals surface area (Å²) in [6.45, 7) is 3.77. The molecule has 2 nitrogen and oxygen atoms in total. The highest BCUT2D eigenvalue weighted by Gasteiger charge is 2.03. The van der Waals surface area contributed by atoms with E-state index in [1.54, 1.807) is 12.1 Å². The summed E-state index contributed by atoms with van der Waals surface area (Å²) < 4.78 is 12.7. The minimum Gasteiger partial charge on any atom is -0.372 e. The Labute approximate surface area is 89.9 Å². The summed E-state index contributed by atoms with van der Waals surface area (Å²) in [5.41, 5.74) is 1.01. The standard InChI is InChI=1S/C12H15FN2/c1-2-15(10-4-3-9-14)12-7-5-11(13)6-8-12/h5-8H,2-4,10H2,1H3. The van der Waals surface area contributed by atoms with Crippen LogP contribution in [-0.2, 0) is 0 Å². The van der Waals surface area contributed by atoms with Crippen molar-refractivity contribution in [1.29, 1.82) is 5.26 Å². The third-order valence-electron chi connectivity index (χ3n) is 2.29. The van der Waals surface area contributed by atoms with Gasteiger partial charge in [-0.05, 0) is 37.6 Å². The van der Waals surface area contributed by atoms with Gasteiger partial charge in [-0.15, -0.1) is 0 Å². The lowest BCUT2D eigenvalue weighted by molar-refractivity contribution is 0.627. The first kappa shape index (κ1) is 11.5. The maximum absolute atomic E-state index is 12.7. The molecule has 1 rings (SSSR count). The van der Waals surface area contributed by atoms with Crippen molar-refractivity contribution in [2.24, 2.45) is 0 Å². The summed E-state index contributed by atoms with van der Waals surface area (Å²) >= 11 is 0. The molecule has 0 fully saturated rings. The first-order valence-electron chi connectivity index (χ1n) is 5.15. The van der Waals surface area contributed by atoms with Gasteiger partial charge in [0.25, 0.3) is 0 Å². The van der Waals surface area contributed by atoms with Crippen LogP contribution in [-0.4, -0.2) is 13.1 Å². The first-order chi connectivity index (χ1) is 7.27. The number of rotatable bonds is 5. The predicted octanol–water partition coefficient (Wildman–Crippen LogP) is 2.96. The van der Waals surface area contributed by atoms with Gasteiger partial charge in [-0.25, -0.2) is 4.39 Å². The van der Waals surface area contributed by atoms with Crippen LogP contribution in [0.4, 0.5) is 10.1 Å². The number of hydrogen-bond donors (Lipinski definition) is 0. The molecule has 1 aromatic carbocycles. The largest absolute Gasteiger partial charge is 0.372 e. The number of nitriles is 1. The Hall–Kier alpha value is -1.56. The lowest BCUT2D eigenvalue weighted by Crippen LogP contribution is -2.23. The van der Waals surface area contributed by atoms with Gasteiger partial charge in [0.1, 0.15) is 5.82 Å². The molecule has 0 amide bonds. The smallest absolute Gasteiger partial charge is 0.123 e. The Morgan fingerprint density at radius 3 is 2.53 bits per heavy atom. The van der Waals surface area contributed by atoms with E-state index in [0.29, 0.717) is 6.42 Å². The Kier molecular flexibility index (Phi) is 4.62. The molecule has 0 unspecified atom stereocenters. The van der Waals surface area contributed by atoms with E-state index >= 15 is 0 Å². The Morgan fingerprint density at radius 2 is 2.00 bits per heavy atom. The van der Waals surface area contributed by atoms with Gasteiger partial charge >= 0.3 is 0 Å². The number of unbranched alkanes of at least 4 members (excludes halogenated alkanes) is 1. The molecule has 0 saturated heterocycles. The Morgan fingerprint density at radius 1 is 1.33 bits per heavy atom. The average molecular weight is 206 g/mol. The SMILES string of the molecule is CCN(CCCC#N)c1ccc(F)cc1. The molecule has 0 radical (unpaired) electrons. The molecule has 0 aromatic heterocycles. The Bertz CT molecular complexity index is 326. The summed E-state index contributed by atoms with van der Waals surface area (Å²) in [4.78, 5) is 2.14. The van der Waals surface area contributed by atoms with Crippen LogP contribution in [0.5, 0.6) is 0 Å². The molecule has 3 heteroatoms. The fourth-order valence-electron chi connectivity index (χ4n) is 1.47. The molecular formula is C12H15FN2. The van der Waals surface area contributed by atoms with Crippen molar-refractivity contribution in [3.63, 3.8) is 0 Å². The van der Waals surface area contributed by atoms with Gasteiger partial charge in [0.2, 0.25) is 0 Å². The van der Waals surface area contributed by atoms with Gasteiger partial charge in [-0.3, -0.25) is 0 Å². The van der Waals surface area contributed by atoms with Gasteiger partial charge in [0.15, 0.2) is 0 Å². The number of halogens is 1. The summed E-state index contributed by atoms with van der Waals surface area (Å²) in [6, 6.07) is 8.58. The molecule has 0 bridgehead atoms. The zero-order chi connectivity index (χ0) is 11.1. The van der Waals surface area contributed by atoms with Crippen molar-refractivity contribution >= 4 is 5.69 Å². The van der Waals surface area contributed by atoms with E-state index in [1.807, 2.05) is 0 Å². The van der Waals surface area contributed by atoms with Crippen LogP contribution in [0.15, 0.2) is 24.3 Å². The second kappa shape index (κ2) is 6.02. The van der Waals surface area contributed by atoms with Gasteiger partial charge in [0, 0.05) is 25.2 Å². The second-order valence-electron chi connectivity index (χ2n) is 3.32. The third kappa shape index (κ3) is 3.59. The van der Waals surface area contributed by atoms with E-state index < -0.39 is 0 Å². The van der Waals surface area contributed by atoms with Crippen molar-refractivity contribution in [1.82, 2.24) is 0 Å². The molecular weight excluding hydrogens is 191 g/mol. The minimum atomic E-state index is -0.216. The van der Waals surface area contributed by atoms with Crippen LogP contribution in [0.2, 0.25) is 0 Å². The lowest BCUT2D eigenvalue weighted by atomic mass is 10.2. The summed E-state index contributed by atoms with van der Waals surface area (Å²) in [5, 5.41) is 8.44. The van der Waals surface area contributed by atoms with Crippen LogP contribution in [0.3, 0.4) is 0 Å². The monoisotopic (exact) mass is 206 g/mol. The molecule has 0 heterocycles. The molecule has 0 atom stereocenters. The molecule has 0 aliphatic rings. The summed E-state index contributed by atoms with van der Waals surface area (Å²) in [5.74, 6) is -0.216. The van der Waals surface area contributed by atoms with Gasteiger partial charge in [-0.2, -0.15) is 5.26 Å². The van der Waals surface area contributed by atoms with Crippen molar-refractivity contribution < 1.29 is 4.39 Å². The highest BCUT2D eigenvalue weighted by atomic mass is 19.1. The number of benzene rings is 1. The van der Waals surface area contributed by atoms with E-state index in [4.69, 9.17) is 5.26 Å². The molecule has 0 N–H and O–H groups in total. The van der Waals surface area contributed by atoms with E-state index in [2.05, 4.69) is 17.9 Å². The molecule has 0 aliphatic heterocycles. The van der Waals surface area contributed by atoms with Gasteiger partial charge in [-0.1, -0.05) is 0 Å². The summed E-state index contributed by atoms with van der Waals surface area (Å²) in [6.07, 6.45) is 1.42. The van der Waals surface area contributed by atoms with Crippen LogP contribution in [0.1, 0.15) is 19.8 Å². The molecule has 0 saturated carbocycles. The van der Waals surface area contributed by atoms with Crippen LogP contribution in [0.25, 0.3) is 0 Å². The maximum atomic E-state index is 12.7. The molecule has 0 aliphatic carbocycles. The van der Waals surface area contributed by atoms with Crippen LogP contribution in [0, 0.1) is 17.1 Å². The minimum absolute atomic E-state index is 0.216. The zero-order valence-corrected chi connectivity index (χ0v) is 8.91. The zero-order valence-electron chi connectivity index (χ0n) is 8.91. The molecule has 15 heavy (non-hydrogen) atoms. The fourth-order valence-corrected chi connectivity index (χ4v) is 1.47. The molecule has 80 valence electrons. The van der Waals surface area contributed by atoms with Crippen molar-refractivity contribution in [3.05, 3.63) is 30.1 Å². The number of hydrogen-bond acceptors (Lipinski definition) is 2. The van der Waals surface area contributed by atoms with Crippen LogP contribution >= 0.6 is 0 Å². The quantitative estimate of drug-likeness (QED) is 0.692. The van der Waals surface area contributed by atoms with E-state index in [-0.39, 0.29) is 5.82 Å². The number of anilines is 1. The predicted molar refractivity (Wildman–Crippen MR) is 59.1 cm³/mol. The third-order valence-corrected chi connectivity index (χ3v) is 2.29. The van der Waals surface area contributed by atoms with Crippen molar-refractivity contribution in [2.75, 3.05) is 18.0 Å². The van der Waals surface area contributed by atoms with Crippen molar-refractivity contribution in [2.45, 2.75) is 19.8 Å². The highest BCUT2D eigenvalue weighted by molar-refractivity contribution is 5.45. The summed E-state index contributed by atoms with van der Waals surface area (Å²) in [7, 11) is 0. The van der Waals surface area contributed by atoms with E-state index in [0.717, 1.165) is 25.2 Å². The second-order valence-corrected chi connectivity index (χ2v) is 3.32. The first-order valence-corrected chi connectivity index (χ1v) is 5.15. The fraction of sp³-hybridized carbons (Fsp3) is 0.417. The van der Waals surface area contributed by atoms with Crippen LogP contribution < -0.4 is 4.90 Å². The Balaban J connectivity index is 2.58. The lowest BCUT2D eigenvalue weighted by Gasteiger charge is -2.22. The number of nitrogens with zero attached hydrogens (tertiary/aromatic N) is 2. The average Bonchev–Trinajstić information content (AvgIpc) is 2.26. The normalized spacial score (nSPS) is 9.67. The van der Waals surface area contributed by atoms with Gasteiger partial charge < -0.3 is 4.90 Å². The van der Waals surface area contributed by atoms with Gasteiger partial charge in [0.05, 0.1) is 6.07 Å². The van der Waals surface area contributed by atoms with E-state index in [9.17, 15) is 4.39 Å². The topological polar surface area (TPSA) is 27.0 Å².